The van der Waals surface area contributed by atoms with E-state index in [1.807, 2.05) is 37.1 Å². The molecule has 0 amide bonds. The molecule has 1 fully saturated rings. The molecule has 140 valence electrons. The second kappa shape index (κ2) is 11.4. The van der Waals surface area contributed by atoms with Crippen LogP contribution in [0.1, 0.15) is 12.1 Å². The van der Waals surface area contributed by atoms with Crippen molar-refractivity contribution in [2.75, 3.05) is 32.4 Å². The number of likely N-dealkylation sites (tertiary alicyclic amines) is 1. The minimum Gasteiger partial charge on any atom is -0.356 e. The largest absolute Gasteiger partial charge is 0.356 e. The van der Waals surface area contributed by atoms with Crippen molar-refractivity contribution < 1.29 is 0 Å². The van der Waals surface area contributed by atoms with Gasteiger partial charge in [-0.1, -0.05) is 24.3 Å². The van der Waals surface area contributed by atoms with Crippen LogP contribution in [0.15, 0.2) is 64.6 Å². The van der Waals surface area contributed by atoms with Gasteiger partial charge in [-0.15, -0.1) is 35.7 Å². The number of halogens is 1. The Hall–Kier alpha value is -1.28. The lowest BCUT2D eigenvalue weighted by molar-refractivity contribution is 0.474. The van der Waals surface area contributed by atoms with Crippen LogP contribution in [0.3, 0.4) is 0 Å². The quantitative estimate of drug-likeness (QED) is 0.293. The maximum atomic E-state index is 4.46. The van der Waals surface area contributed by atoms with E-state index in [1.54, 1.807) is 0 Å². The average Bonchev–Trinajstić information content (AvgIpc) is 3.14. The average molecular weight is 482 g/mol. The fourth-order valence-corrected chi connectivity index (χ4v) is 4.12. The van der Waals surface area contributed by atoms with Crippen LogP contribution >= 0.6 is 35.7 Å². The number of nitrogens with zero attached hydrogens (tertiary/aromatic N) is 3. The zero-order valence-electron chi connectivity index (χ0n) is 15.2. The second-order valence-electron chi connectivity index (χ2n) is 6.27. The Labute approximate surface area is 177 Å². The summed E-state index contributed by atoms with van der Waals surface area (Å²) in [7, 11) is 1.87. The van der Waals surface area contributed by atoms with E-state index >= 15 is 0 Å². The SMILES string of the molecule is CN=C(NCCc1ccccn1)N1CCC(CSc2ccccc2)C1.I. The van der Waals surface area contributed by atoms with Crippen molar-refractivity contribution in [1.29, 1.82) is 0 Å². The van der Waals surface area contributed by atoms with Crippen LogP contribution in [0, 0.1) is 5.92 Å². The molecular weight excluding hydrogens is 455 g/mol. The fraction of sp³-hybridized carbons (Fsp3) is 0.400. The molecule has 4 nitrogen and oxygen atoms in total. The van der Waals surface area contributed by atoms with Gasteiger partial charge in [0.2, 0.25) is 0 Å². The minimum atomic E-state index is 0. The topological polar surface area (TPSA) is 40.5 Å². The van der Waals surface area contributed by atoms with E-state index in [4.69, 9.17) is 0 Å². The highest BCUT2D eigenvalue weighted by molar-refractivity contribution is 14.0. The molecule has 0 saturated carbocycles. The number of thioether (sulfide) groups is 1. The van der Waals surface area contributed by atoms with Crippen LogP contribution in [-0.2, 0) is 6.42 Å². The summed E-state index contributed by atoms with van der Waals surface area (Å²) in [5.41, 5.74) is 1.11. The van der Waals surface area contributed by atoms with Crippen molar-refractivity contribution in [2.45, 2.75) is 17.7 Å². The van der Waals surface area contributed by atoms with Gasteiger partial charge in [0.15, 0.2) is 5.96 Å². The van der Waals surface area contributed by atoms with Gasteiger partial charge in [0.05, 0.1) is 0 Å². The molecule has 3 rings (SSSR count). The van der Waals surface area contributed by atoms with Gasteiger partial charge in [0, 0.05) is 55.6 Å². The Morgan fingerprint density at radius 1 is 1.23 bits per heavy atom. The van der Waals surface area contributed by atoms with Gasteiger partial charge < -0.3 is 10.2 Å². The molecule has 1 aromatic carbocycles. The molecule has 6 heteroatoms. The summed E-state index contributed by atoms with van der Waals surface area (Å²) in [6.45, 7) is 3.04. The number of hydrogen-bond acceptors (Lipinski definition) is 3. The lowest BCUT2D eigenvalue weighted by atomic mass is 10.2. The molecule has 1 aliphatic rings. The molecule has 1 aliphatic heterocycles. The number of aliphatic imine (C=N–C) groups is 1. The highest BCUT2D eigenvalue weighted by atomic mass is 127. The molecule has 0 radical (unpaired) electrons. The van der Waals surface area contributed by atoms with Crippen LogP contribution in [0.2, 0.25) is 0 Å². The molecule has 1 N–H and O–H groups in total. The van der Waals surface area contributed by atoms with Crippen LogP contribution < -0.4 is 5.32 Å². The second-order valence-corrected chi connectivity index (χ2v) is 7.36. The van der Waals surface area contributed by atoms with Gasteiger partial charge in [-0.3, -0.25) is 9.98 Å². The van der Waals surface area contributed by atoms with Crippen LogP contribution in [0.5, 0.6) is 0 Å². The molecule has 2 aromatic rings. The van der Waals surface area contributed by atoms with Crippen LogP contribution in [-0.4, -0.2) is 48.3 Å². The highest BCUT2D eigenvalue weighted by Gasteiger charge is 2.24. The number of nitrogens with one attached hydrogen (secondary N) is 1. The first-order chi connectivity index (χ1) is 12.3. The van der Waals surface area contributed by atoms with Gasteiger partial charge in [-0.25, -0.2) is 0 Å². The van der Waals surface area contributed by atoms with E-state index in [1.165, 1.54) is 17.1 Å². The zero-order chi connectivity index (χ0) is 17.3. The zero-order valence-corrected chi connectivity index (χ0v) is 18.3. The van der Waals surface area contributed by atoms with Crippen molar-refractivity contribution in [3.63, 3.8) is 0 Å². The van der Waals surface area contributed by atoms with Crippen molar-refractivity contribution >= 4 is 41.7 Å². The van der Waals surface area contributed by atoms with Gasteiger partial charge in [0.25, 0.3) is 0 Å². The Kier molecular flexibility index (Phi) is 9.25. The van der Waals surface area contributed by atoms with E-state index < -0.39 is 0 Å². The standard InChI is InChI=1S/C20H26N4S.HI/c1-21-20(23-13-10-18-7-5-6-12-22-18)24-14-11-17(15-24)16-25-19-8-3-2-4-9-19;/h2-9,12,17H,10-11,13-16H2,1H3,(H,21,23);1H. The molecule has 1 unspecified atom stereocenters. The lowest BCUT2D eigenvalue weighted by Gasteiger charge is -2.21. The van der Waals surface area contributed by atoms with Crippen molar-refractivity contribution in [3.8, 4) is 0 Å². The summed E-state index contributed by atoms with van der Waals surface area (Å²) >= 11 is 1.96. The molecule has 26 heavy (non-hydrogen) atoms. The Morgan fingerprint density at radius 3 is 2.77 bits per heavy atom. The first-order valence-electron chi connectivity index (χ1n) is 8.88. The normalized spacial score (nSPS) is 17.0. The number of pyridine rings is 1. The summed E-state index contributed by atoms with van der Waals surface area (Å²) < 4.78 is 0. The van der Waals surface area contributed by atoms with E-state index in [9.17, 15) is 0 Å². The first kappa shape index (κ1) is 21.0. The summed E-state index contributed by atoms with van der Waals surface area (Å²) in [6.07, 6.45) is 4.00. The van der Waals surface area contributed by atoms with Gasteiger partial charge >= 0.3 is 0 Å². The third kappa shape index (κ3) is 6.46. The summed E-state index contributed by atoms with van der Waals surface area (Å²) in [6, 6.07) is 16.7. The first-order valence-corrected chi connectivity index (χ1v) is 9.87. The van der Waals surface area contributed by atoms with Gasteiger partial charge in [0.1, 0.15) is 0 Å². The maximum absolute atomic E-state index is 4.46. The van der Waals surface area contributed by atoms with Gasteiger partial charge in [-0.05, 0) is 36.6 Å². The molecule has 0 aliphatic carbocycles. The van der Waals surface area contributed by atoms with E-state index in [2.05, 4.69) is 56.6 Å². The van der Waals surface area contributed by atoms with Crippen LogP contribution in [0.4, 0.5) is 0 Å². The predicted octanol–water partition coefficient (Wildman–Crippen LogP) is 3.93. The predicted molar refractivity (Wildman–Crippen MR) is 122 cm³/mol. The molecule has 2 heterocycles. The minimum absolute atomic E-state index is 0. The van der Waals surface area contributed by atoms with E-state index in [0.29, 0.717) is 0 Å². The molecule has 0 spiro atoms. The number of guanidine groups is 1. The Balaban J connectivity index is 0.00000243. The lowest BCUT2D eigenvalue weighted by Crippen LogP contribution is -2.41. The number of hydrogen-bond donors (Lipinski definition) is 1. The van der Waals surface area contributed by atoms with Crippen molar-refractivity contribution in [1.82, 2.24) is 15.2 Å². The summed E-state index contributed by atoms with van der Waals surface area (Å²) in [4.78, 5) is 12.6. The smallest absolute Gasteiger partial charge is 0.193 e. The maximum Gasteiger partial charge on any atom is 0.193 e. The third-order valence-electron chi connectivity index (χ3n) is 4.42. The monoisotopic (exact) mass is 482 g/mol. The highest BCUT2D eigenvalue weighted by Crippen LogP contribution is 2.25. The Morgan fingerprint density at radius 2 is 2.04 bits per heavy atom. The third-order valence-corrected chi connectivity index (χ3v) is 5.66. The van der Waals surface area contributed by atoms with E-state index in [-0.39, 0.29) is 24.0 Å². The Bertz CT molecular complexity index is 666. The van der Waals surface area contributed by atoms with Crippen LogP contribution in [0.25, 0.3) is 0 Å². The number of benzene rings is 1. The summed E-state index contributed by atoms with van der Waals surface area (Å²) in [5, 5.41) is 3.48. The molecule has 0 bridgehead atoms. The molecule has 1 atom stereocenters. The fourth-order valence-electron chi connectivity index (χ4n) is 3.07. The summed E-state index contributed by atoms with van der Waals surface area (Å²) in [5.74, 6) is 2.91. The van der Waals surface area contributed by atoms with Gasteiger partial charge in [-0.2, -0.15) is 0 Å². The number of aromatic nitrogens is 1. The van der Waals surface area contributed by atoms with Crippen molar-refractivity contribution in [3.05, 3.63) is 60.4 Å². The van der Waals surface area contributed by atoms with Crippen molar-refractivity contribution in [2.24, 2.45) is 10.9 Å². The molecule has 1 saturated heterocycles. The molecular formula is C20H27IN4S. The number of rotatable bonds is 6. The molecule has 1 aromatic heterocycles. The van der Waals surface area contributed by atoms with E-state index in [0.717, 1.165) is 43.6 Å².